The standard InChI is InChI=1S/C19H22N4O2S/c1-2-3-16-4-6-18(7-5-16)26(24,25)21-13-15-23-14-10-19(22-23)17-8-11-20-12-9-17/h4-12,14,21H,2-3,13,15H2,1H3. The molecule has 0 saturated heterocycles. The van der Waals surface area contributed by atoms with Gasteiger partial charge in [-0.25, -0.2) is 13.1 Å². The van der Waals surface area contributed by atoms with E-state index >= 15 is 0 Å². The quantitative estimate of drug-likeness (QED) is 0.661. The second kappa shape index (κ2) is 8.25. The number of aromatic nitrogens is 3. The maximum atomic E-state index is 12.4. The summed E-state index contributed by atoms with van der Waals surface area (Å²) in [6.07, 6.45) is 7.26. The van der Waals surface area contributed by atoms with Crippen molar-refractivity contribution in [1.82, 2.24) is 19.5 Å². The van der Waals surface area contributed by atoms with Crippen molar-refractivity contribution in [3.63, 3.8) is 0 Å². The topological polar surface area (TPSA) is 76.9 Å². The molecule has 0 unspecified atom stereocenters. The Morgan fingerprint density at radius 3 is 2.46 bits per heavy atom. The third kappa shape index (κ3) is 4.56. The molecule has 0 aliphatic rings. The molecule has 3 rings (SSSR count). The maximum absolute atomic E-state index is 12.4. The summed E-state index contributed by atoms with van der Waals surface area (Å²) >= 11 is 0. The molecule has 136 valence electrons. The van der Waals surface area contributed by atoms with Crippen LogP contribution in [0.2, 0.25) is 0 Å². The van der Waals surface area contributed by atoms with Crippen LogP contribution in [0.5, 0.6) is 0 Å². The molecule has 0 fully saturated rings. The monoisotopic (exact) mass is 370 g/mol. The van der Waals surface area contributed by atoms with E-state index in [-0.39, 0.29) is 11.4 Å². The summed E-state index contributed by atoms with van der Waals surface area (Å²) in [5, 5.41) is 4.46. The van der Waals surface area contributed by atoms with Gasteiger partial charge in [0.15, 0.2) is 0 Å². The maximum Gasteiger partial charge on any atom is 0.240 e. The number of pyridine rings is 1. The zero-order valence-electron chi connectivity index (χ0n) is 14.7. The van der Waals surface area contributed by atoms with Crippen LogP contribution >= 0.6 is 0 Å². The molecule has 26 heavy (non-hydrogen) atoms. The lowest BCUT2D eigenvalue weighted by Crippen LogP contribution is -2.27. The van der Waals surface area contributed by atoms with Crippen molar-refractivity contribution in [3.05, 3.63) is 66.6 Å². The van der Waals surface area contributed by atoms with Crippen molar-refractivity contribution in [3.8, 4) is 11.3 Å². The van der Waals surface area contributed by atoms with Crippen LogP contribution in [0.15, 0.2) is 66.0 Å². The molecule has 2 heterocycles. The SMILES string of the molecule is CCCc1ccc(S(=O)(=O)NCCn2ccc(-c3ccncc3)n2)cc1. The Bertz CT molecular complexity index is 935. The minimum atomic E-state index is -3.51. The third-order valence-corrected chi connectivity index (χ3v) is 5.50. The van der Waals surface area contributed by atoms with E-state index < -0.39 is 10.0 Å². The third-order valence-electron chi connectivity index (χ3n) is 4.02. The molecular weight excluding hydrogens is 348 g/mol. The fourth-order valence-corrected chi connectivity index (χ4v) is 3.69. The van der Waals surface area contributed by atoms with E-state index in [9.17, 15) is 8.42 Å². The number of benzene rings is 1. The number of sulfonamides is 1. The average molecular weight is 370 g/mol. The first-order chi connectivity index (χ1) is 12.6. The summed E-state index contributed by atoms with van der Waals surface area (Å²) in [5.74, 6) is 0. The smallest absolute Gasteiger partial charge is 0.240 e. The number of nitrogens with one attached hydrogen (secondary N) is 1. The summed E-state index contributed by atoms with van der Waals surface area (Å²) in [4.78, 5) is 4.27. The van der Waals surface area contributed by atoms with Crippen molar-refractivity contribution < 1.29 is 8.42 Å². The van der Waals surface area contributed by atoms with Crippen molar-refractivity contribution in [2.75, 3.05) is 6.54 Å². The van der Waals surface area contributed by atoms with Gasteiger partial charge in [-0.2, -0.15) is 5.10 Å². The van der Waals surface area contributed by atoms with E-state index in [0.29, 0.717) is 6.54 Å². The molecule has 3 aromatic rings. The highest BCUT2D eigenvalue weighted by Crippen LogP contribution is 2.15. The van der Waals surface area contributed by atoms with Crippen LogP contribution in [0.4, 0.5) is 0 Å². The molecule has 0 amide bonds. The van der Waals surface area contributed by atoms with Gasteiger partial charge in [0, 0.05) is 30.7 Å². The van der Waals surface area contributed by atoms with Crippen LogP contribution < -0.4 is 4.72 Å². The zero-order chi connectivity index (χ0) is 18.4. The normalized spacial score (nSPS) is 11.6. The predicted molar refractivity (Wildman–Crippen MR) is 101 cm³/mol. The minimum absolute atomic E-state index is 0.274. The Labute approximate surface area is 154 Å². The molecule has 0 radical (unpaired) electrons. The summed E-state index contributed by atoms with van der Waals surface area (Å²) in [7, 11) is -3.51. The Balaban J connectivity index is 1.58. The molecule has 6 nitrogen and oxygen atoms in total. The van der Waals surface area contributed by atoms with Crippen LogP contribution in [0.3, 0.4) is 0 Å². The number of hydrogen-bond donors (Lipinski definition) is 1. The minimum Gasteiger partial charge on any atom is -0.271 e. The van der Waals surface area contributed by atoms with Gasteiger partial charge in [-0.3, -0.25) is 9.67 Å². The Kier molecular flexibility index (Phi) is 5.80. The largest absolute Gasteiger partial charge is 0.271 e. The van der Waals surface area contributed by atoms with Gasteiger partial charge >= 0.3 is 0 Å². The summed E-state index contributed by atoms with van der Waals surface area (Å²) < 4.78 is 29.1. The highest BCUT2D eigenvalue weighted by atomic mass is 32.2. The zero-order valence-corrected chi connectivity index (χ0v) is 15.5. The molecule has 0 atom stereocenters. The number of hydrogen-bond acceptors (Lipinski definition) is 4. The van der Waals surface area contributed by atoms with E-state index in [1.54, 1.807) is 29.2 Å². The highest BCUT2D eigenvalue weighted by molar-refractivity contribution is 7.89. The Morgan fingerprint density at radius 1 is 1.04 bits per heavy atom. The second-order valence-corrected chi connectivity index (χ2v) is 7.76. The molecule has 1 aromatic carbocycles. The summed E-state index contributed by atoms with van der Waals surface area (Å²) in [6.45, 7) is 2.83. The average Bonchev–Trinajstić information content (AvgIpc) is 3.12. The van der Waals surface area contributed by atoms with Gasteiger partial charge in [-0.1, -0.05) is 25.5 Å². The molecular formula is C19H22N4O2S. The van der Waals surface area contributed by atoms with Crippen molar-refractivity contribution in [2.45, 2.75) is 31.2 Å². The number of aryl methyl sites for hydroxylation is 1. The predicted octanol–water partition coefficient (Wildman–Crippen LogP) is 2.88. The van der Waals surface area contributed by atoms with Gasteiger partial charge in [0.05, 0.1) is 17.1 Å². The molecule has 7 heteroatoms. The van der Waals surface area contributed by atoms with Crippen LogP contribution in [0, 0.1) is 0 Å². The summed E-state index contributed by atoms with van der Waals surface area (Å²) in [6, 6.07) is 12.7. The number of nitrogens with zero attached hydrogens (tertiary/aromatic N) is 3. The van der Waals surface area contributed by atoms with E-state index in [1.165, 1.54) is 0 Å². The first-order valence-corrected chi connectivity index (χ1v) is 10.1. The first kappa shape index (κ1) is 18.3. The van der Waals surface area contributed by atoms with Crippen molar-refractivity contribution >= 4 is 10.0 Å². The van der Waals surface area contributed by atoms with E-state index in [1.807, 2.05) is 36.5 Å². The summed E-state index contributed by atoms with van der Waals surface area (Å²) in [5.41, 5.74) is 2.96. The first-order valence-electron chi connectivity index (χ1n) is 8.61. The van der Waals surface area contributed by atoms with Gasteiger partial charge < -0.3 is 0 Å². The molecule has 0 spiro atoms. The Morgan fingerprint density at radius 2 is 1.77 bits per heavy atom. The molecule has 0 aliphatic carbocycles. The van der Waals surface area contributed by atoms with Gasteiger partial charge in [0.1, 0.15) is 0 Å². The van der Waals surface area contributed by atoms with Crippen LogP contribution in [0.1, 0.15) is 18.9 Å². The van der Waals surface area contributed by atoms with E-state index in [2.05, 4.69) is 21.7 Å². The van der Waals surface area contributed by atoms with Gasteiger partial charge in [0.25, 0.3) is 0 Å². The highest BCUT2D eigenvalue weighted by Gasteiger charge is 2.13. The lowest BCUT2D eigenvalue weighted by molar-refractivity contribution is 0.561. The van der Waals surface area contributed by atoms with Gasteiger partial charge in [0.2, 0.25) is 10.0 Å². The van der Waals surface area contributed by atoms with Crippen LogP contribution in [0.25, 0.3) is 11.3 Å². The Hall–Kier alpha value is -2.51. The molecule has 0 aliphatic heterocycles. The fourth-order valence-electron chi connectivity index (χ4n) is 2.66. The van der Waals surface area contributed by atoms with E-state index in [0.717, 1.165) is 29.7 Å². The lowest BCUT2D eigenvalue weighted by Gasteiger charge is -2.08. The molecule has 0 bridgehead atoms. The number of rotatable bonds is 8. The fraction of sp³-hybridized carbons (Fsp3) is 0.263. The molecule has 0 saturated carbocycles. The van der Waals surface area contributed by atoms with Gasteiger partial charge in [-0.05, 0) is 42.3 Å². The molecule has 2 aromatic heterocycles. The molecule has 1 N–H and O–H groups in total. The van der Waals surface area contributed by atoms with Crippen molar-refractivity contribution in [2.24, 2.45) is 0 Å². The van der Waals surface area contributed by atoms with Crippen LogP contribution in [-0.4, -0.2) is 29.7 Å². The van der Waals surface area contributed by atoms with Gasteiger partial charge in [-0.15, -0.1) is 0 Å². The van der Waals surface area contributed by atoms with Crippen LogP contribution in [-0.2, 0) is 23.0 Å². The second-order valence-electron chi connectivity index (χ2n) is 5.99. The lowest BCUT2D eigenvalue weighted by atomic mass is 10.1. The van der Waals surface area contributed by atoms with E-state index in [4.69, 9.17) is 0 Å². The van der Waals surface area contributed by atoms with Crippen molar-refractivity contribution in [1.29, 1.82) is 0 Å².